The maximum atomic E-state index is 11.8. The molecule has 0 bridgehead atoms. The van der Waals surface area contributed by atoms with Crippen LogP contribution < -0.4 is 5.32 Å². The second-order valence-corrected chi connectivity index (χ2v) is 7.59. The minimum absolute atomic E-state index is 0.0970. The third-order valence-corrected chi connectivity index (χ3v) is 4.65. The Morgan fingerprint density at radius 1 is 1.29 bits per heavy atom. The number of hydrogen-bond donors (Lipinski definition) is 1. The highest BCUT2D eigenvalue weighted by molar-refractivity contribution is 7.91. The lowest BCUT2D eigenvalue weighted by atomic mass is 10.2. The number of rotatable bonds is 7. The van der Waals surface area contributed by atoms with Crippen LogP contribution in [0, 0.1) is 17.2 Å². The first-order valence-electron chi connectivity index (χ1n) is 6.83. The van der Waals surface area contributed by atoms with Gasteiger partial charge >= 0.3 is 0 Å². The normalized spacial score (nSPS) is 11.1. The lowest BCUT2D eigenvalue weighted by Gasteiger charge is -2.08. The Morgan fingerprint density at radius 3 is 2.57 bits per heavy atom. The van der Waals surface area contributed by atoms with Crippen LogP contribution in [-0.4, -0.2) is 25.8 Å². The Morgan fingerprint density at radius 2 is 1.95 bits per heavy atom. The van der Waals surface area contributed by atoms with Gasteiger partial charge in [0, 0.05) is 6.42 Å². The number of para-hydroxylation sites is 1. The van der Waals surface area contributed by atoms with Crippen LogP contribution >= 0.6 is 0 Å². The molecule has 0 aliphatic carbocycles. The Bertz CT molecular complexity index is 631. The highest BCUT2D eigenvalue weighted by Crippen LogP contribution is 2.14. The van der Waals surface area contributed by atoms with Crippen LogP contribution in [0.3, 0.4) is 0 Å². The number of benzene rings is 1. The van der Waals surface area contributed by atoms with Gasteiger partial charge in [-0.2, -0.15) is 5.26 Å². The van der Waals surface area contributed by atoms with Crippen molar-refractivity contribution in [2.24, 2.45) is 5.92 Å². The molecule has 0 aliphatic heterocycles. The summed E-state index contributed by atoms with van der Waals surface area (Å²) in [6, 6.07) is 8.58. The Labute approximate surface area is 125 Å². The second-order valence-electron chi connectivity index (χ2n) is 5.29. The number of amides is 1. The van der Waals surface area contributed by atoms with Crippen LogP contribution in [0.1, 0.15) is 32.3 Å². The van der Waals surface area contributed by atoms with Gasteiger partial charge < -0.3 is 5.32 Å². The molecule has 0 unspecified atom stereocenters. The molecule has 0 aromatic heterocycles. The Balaban J connectivity index is 2.53. The van der Waals surface area contributed by atoms with E-state index in [2.05, 4.69) is 5.32 Å². The van der Waals surface area contributed by atoms with E-state index < -0.39 is 15.7 Å². The Hall–Kier alpha value is -1.87. The number of carbonyl (C=O) groups is 1. The molecular formula is C15H20N2O3S. The van der Waals surface area contributed by atoms with E-state index in [1.165, 1.54) is 0 Å². The average molecular weight is 308 g/mol. The maximum absolute atomic E-state index is 11.8. The van der Waals surface area contributed by atoms with Gasteiger partial charge in [-0.05, 0) is 24.5 Å². The van der Waals surface area contributed by atoms with Crippen LogP contribution in [0.25, 0.3) is 0 Å². The van der Waals surface area contributed by atoms with Crippen molar-refractivity contribution in [2.75, 3.05) is 16.8 Å². The van der Waals surface area contributed by atoms with E-state index in [9.17, 15) is 13.2 Å². The van der Waals surface area contributed by atoms with Crippen molar-refractivity contribution >= 4 is 21.4 Å². The summed E-state index contributed by atoms with van der Waals surface area (Å²) in [5, 5.41) is 11.5. The first-order chi connectivity index (χ1) is 9.84. The van der Waals surface area contributed by atoms with E-state index in [1.807, 2.05) is 19.9 Å². The topological polar surface area (TPSA) is 87.0 Å². The number of sulfone groups is 1. The number of anilines is 1. The molecular weight excluding hydrogens is 288 g/mol. The third-order valence-electron chi connectivity index (χ3n) is 2.97. The summed E-state index contributed by atoms with van der Waals surface area (Å²) in [5.74, 6) is -0.144. The summed E-state index contributed by atoms with van der Waals surface area (Å²) in [5.41, 5.74) is 0.762. The minimum Gasteiger partial charge on any atom is -0.325 e. The molecule has 0 spiro atoms. The first-order valence-corrected chi connectivity index (χ1v) is 8.65. The molecule has 1 aromatic carbocycles. The standard InChI is InChI=1S/C15H20N2O3S/c1-12(2)7-9-21(19,20)10-8-15(18)17-14-6-4-3-5-13(14)11-16/h3-6,12H,7-10H2,1-2H3,(H,17,18). The van der Waals surface area contributed by atoms with Crippen LogP contribution in [0.2, 0.25) is 0 Å². The monoisotopic (exact) mass is 308 g/mol. The van der Waals surface area contributed by atoms with Crippen molar-refractivity contribution < 1.29 is 13.2 Å². The summed E-state index contributed by atoms with van der Waals surface area (Å²) in [4.78, 5) is 11.8. The zero-order chi connectivity index (χ0) is 15.9. The van der Waals surface area contributed by atoms with Crippen molar-refractivity contribution in [3.05, 3.63) is 29.8 Å². The van der Waals surface area contributed by atoms with E-state index in [4.69, 9.17) is 5.26 Å². The number of hydrogen-bond acceptors (Lipinski definition) is 4. The fourth-order valence-corrected chi connectivity index (χ4v) is 3.20. The van der Waals surface area contributed by atoms with Crippen LogP contribution in [0.15, 0.2) is 24.3 Å². The molecule has 1 rings (SSSR count). The van der Waals surface area contributed by atoms with E-state index in [0.29, 0.717) is 23.6 Å². The van der Waals surface area contributed by atoms with Gasteiger partial charge in [0.1, 0.15) is 6.07 Å². The van der Waals surface area contributed by atoms with Crippen molar-refractivity contribution in [2.45, 2.75) is 26.7 Å². The summed E-state index contributed by atoms with van der Waals surface area (Å²) in [6.45, 7) is 3.92. The fourth-order valence-electron chi connectivity index (χ4n) is 1.67. The van der Waals surface area contributed by atoms with Gasteiger partial charge in [0.25, 0.3) is 0 Å². The quantitative estimate of drug-likeness (QED) is 0.837. The van der Waals surface area contributed by atoms with Gasteiger partial charge in [-0.25, -0.2) is 8.42 Å². The molecule has 0 heterocycles. The fraction of sp³-hybridized carbons (Fsp3) is 0.467. The summed E-state index contributed by atoms with van der Waals surface area (Å²) in [6.07, 6.45) is 0.501. The number of carbonyl (C=O) groups excluding carboxylic acids is 1. The van der Waals surface area contributed by atoms with Crippen molar-refractivity contribution in [1.82, 2.24) is 0 Å². The molecule has 0 atom stereocenters. The van der Waals surface area contributed by atoms with E-state index in [-0.39, 0.29) is 17.9 Å². The predicted molar refractivity (Wildman–Crippen MR) is 82.5 cm³/mol. The van der Waals surface area contributed by atoms with E-state index in [0.717, 1.165) is 0 Å². The van der Waals surface area contributed by atoms with Gasteiger partial charge in [-0.3, -0.25) is 4.79 Å². The number of nitrogens with zero attached hydrogens (tertiary/aromatic N) is 1. The zero-order valence-electron chi connectivity index (χ0n) is 12.3. The molecule has 21 heavy (non-hydrogen) atoms. The van der Waals surface area contributed by atoms with Crippen molar-refractivity contribution in [3.8, 4) is 6.07 Å². The molecule has 0 saturated heterocycles. The first kappa shape index (κ1) is 17.2. The molecule has 1 aromatic rings. The summed E-state index contributed by atoms with van der Waals surface area (Å²) < 4.78 is 23.6. The molecule has 0 radical (unpaired) electrons. The number of nitriles is 1. The van der Waals surface area contributed by atoms with Crippen LogP contribution in [0.5, 0.6) is 0 Å². The highest BCUT2D eigenvalue weighted by atomic mass is 32.2. The largest absolute Gasteiger partial charge is 0.325 e. The van der Waals surface area contributed by atoms with Crippen molar-refractivity contribution in [1.29, 1.82) is 5.26 Å². The molecule has 0 aliphatic rings. The third kappa shape index (κ3) is 6.41. The summed E-state index contributed by atoms with van der Waals surface area (Å²) in [7, 11) is -3.21. The minimum atomic E-state index is -3.21. The van der Waals surface area contributed by atoms with Crippen molar-refractivity contribution in [3.63, 3.8) is 0 Å². The summed E-state index contributed by atoms with van der Waals surface area (Å²) >= 11 is 0. The lowest BCUT2D eigenvalue weighted by Crippen LogP contribution is -2.20. The number of nitrogens with one attached hydrogen (secondary N) is 1. The molecule has 0 saturated carbocycles. The molecule has 1 N–H and O–H groups in total. The maximum Gasteiger partial charge on any atom is 0.225 e. The molecule has 114 valence electrons. The van der Waals surface area contributed by atoms with Gasteiger partial charge in [-0.15, -0.1) is 0 Å². The predicted octanol–water partition coefficient (Wildman–Crippen LogP) is 2.35. The molecule has 5 nitrogen and oxygen atoms in total. The van der Waals surface area contributed by atoms with Crippen LogP contribution in [0.4, 0.5) is 5.69 Å². The average Bonchev–Trinajstić information content (AvgIpc) is 2.44. The van der Waals surface area contributed by atoms with Gasteiger partial charge in [0.2, 0.25) is 5.91 Å². The smallest absolute Gasteiger partial charge is 0.225 e. The molecule has 6 heteroatoms. The van der Waals surface area contributed by atoms with Gasteiger partial charge in [0.15, 0.2) is 9.84 Å². The molecule has 1 amide bonds. The lowest BCUT2D eigenvalue weighted by molar-refractivity contribution is -0.115. The van der Waals surface area contributed by atoms with Gasteiger partial charge in [0.05, 0.1) is 22.8 Å². The van der Waals surface area contributed by atoms with Crippen LogP contribution in [-0.2, 0) is 14.6 Å². The van der Waals surface area contributed by atoms with Gasteiger partial charge in [-0.1, -0.05) is 26.0 Å². The molecule has 0 fully saturated rings. The SMILES string of the molecule is CC(C)CCS(=O)(=O)CCC(=O)Nc1ccccc1C#N. The Kier molecular flexibility index (Phi) is 6.38. The second kappa shape index (κ2) is 7.79. The highest BCUT2D eigenvalue weighted by Gasteiger charge is 2.15. The zero-order valence-corrected chi connectivity index (χ0v) is 13.1. The van der Waals surface area contributed by atoms with E-state index in [1.54, 1.807) is 24.3 Å². The van der Waals surface area contributed by atoms with E-state index >= 15 is 0 Å².